The fourth-order valence-corrected chi connectivity index (χ4v) is 2.58. The van der Waals surface area contributed by atoms with Crippen LogP contribution in [0.3, 0.4) is 0 Å². The van der Waals surface area contributed by atoms with Gasteiger partial charge in [0.1, 0.15) is 5.69 Å². The van der Waals surface area contributed by atoms with Crippen molar-refractivity contribution in [3.63, 3.8) is 0 Å². The highest BCUT2D eigenvalue weighted by Crippen LogP contribution is 2.28. The first kappa shape index (κ1) is 20.1. The third-order valence-electron chi connectivity index (χ3n) is 4.02. The Morgan fingerprint density at radius 2 is 1.97 bits per heavy atom. The van der Waals surface area contributed by atoms with Gasteiger partial charge >= 0.3 is 5.69 Å². The Kier molecular flexibility index (Phi) is 6.94. The molecule has 0 spiro atoms. The molecule has 8 nitrogen and oxygen atoms in total. The van der Waals surface area contributed by atoms with Crippen LogP contribution in [0.4, 0.5) is 5.82 Å². The monoisotopic (exact) mass is 393 g/mol. The second-order valence-electron chi connectivity index (χ2n) is 6.17. The molecule has 3 rings (SSSR count). The third kappa shape index (κ3) is 5.90. The summed E-state index contributed by atoms with van der Waals surface area (Å²) in [6.07, 6.45) is 2.43. The molecule has 0 saturated carbocycles. The minimum Gasteiger partial charge on any atom is -0.490 e. The van der Waals surface area contributed by atoms with Gasteiger partial charge in [-0.2, -0.15) is 15.2 Å². The highest BCUT2D eigenvalue weighted by molar-refractivity contribution is 5.81. The zero-order valence-corrected chi connectivity index (χ0v) is 16.4. The van der Waals surface area contributed by atoms with Crippen molar-refractivity contribution in [3.05, 3.63) is 75.8 Å². The molecule has 0 aliphatic rings. The first-order chi connectivity index (χ1) is 14.2. The number of rotatable bonds is 9. The molecule has 0 fully saturated rings. The van der Waals surface area contributed by atoms with Gasteiger partial charge in [0, 0.05) is 6.42 Å². The molecule has 0 unspecified atom stereocenters. The Morgan fingerprint density at radius 3 is 2.76 bits per heavy atom. The van der Waals surface area contributed by atoms with E-state index in [0.717, 1.165) is 12.0 Å². The van der Waals surface area contributed by atoms with Crippen LogP contribution < -0.4 is 20.6 Å². The van der Waals surface area contributed by atoms with Crippen molar-refractivity contribution < 1.29 is 9.47 Å². The maximum absolute atomic E-state index is 11.3. The largest absolute Gasteiger partial charge is 0.490 e. The lowest BCUT2D eigenvalue weighted by atomic mass is 10.2. The highest BCUT2D eigenvalue weighted by atomic mass is 16.5. The van der Waals surface area contributed by atoms with Crippen LogP contribution in [-0.2, 0) is 6.42 Å². The van der Waals surface area contributed by atoms with Crippen molar-refractivity contribution in [2.75, 3.05) is 18.6 Å². The molecule has 2 N–H and O–H groups in total. The van der Waals surface area contributed by atoms with Crippen molar-refractivity contribution >= 4 is 12.0 Å². The van der Waals surface area contributed by atoms with Gasteiger partial charge in [-0.05, 0) is 43.2 Å². The fourth-order valence-electron chi connectivity index (χ4n) is 2.58. The highest BCUT2D eigenvalue weighted by Gasteiger charge is 2.07. The van der Waals surface area contributed by atoms with E-state index in [9.17, 15) is 4.79 Å². The minimum absolute atomic E-state index is 0.302. The summed E-state index contributed by atoms with van der Waals surface area (Å²) in [6.45, 7) is 4.72. The van der Waals surface area contributed by atoms with Gasteiger partial charge < -0.3 is 9.47 Å². The molecule has 0 bridgehead atoms. The summed E-state index contributed by atoms with van der Waals surface area (Å²) in [7, 11) is 0. The van der Waals surface area contributed by atoms with Crippen LogP contribution in [-0.4, -0.2) is 34.6 Å². The number of hydrogen-bond acceptors (Lipinski definition) is 7. The molecule has 0 saturated heterocycles. The van der Waals surface area contributed by atoms with Crippen LogP contribution in [0.1, 0.15) is 23.7 Å². The van der Waals surface area contributed by atoms with E-state index >= 15 is 0 Å². The summed E-state index contributed by atoms with van der Waals surface area (Å²) in [5.41, 5.74) is 4.76. The topological polar surface area (TPSA) is 101 Å². The number of ether oxygens (including phenoxy) is 2. The first-order valence-electron chi connectivity index (χ1n) is 9.31. The van der Waals surface area contributed by atoms with Crippen LogP contribution in [0.25, 0.3) is 0 Å². The smallest absolute Gasteiger partial charge is 0.363 e. The maximum atomic E-state index is 11.3. The number of benzene rings is 2. The van der Waals surface area contributed by atoms with Gasteiger partial charge in [-0.1, -0.05) is 30.3 Å². The summed E-state index contributed by atoms with van der Waals surface area (Å²) in [5, 5.41) is 10.2. The Balaban J connectivity index is 1.65. The molecule has 0 aliphatic carbocycles. The Labute approximate surface area is 168 Å². The molecule has 1 aromatic heterocycles. The Morgan fingerprint density at radius 1 is 1.14 bits per heavy atom. The standard InChI is InChI=1S/C21H23N5O3/c1-3-28-19-13-17(14-22-25-20-15(2)24-26-21(27)23-20)9-10-18(19)29-12-11-16-7-5-4-6-8-16/h4-10,13-14H,3,11-12H2,1-2H3,(H2,23,25,26,27)/b22-14+. The molecular formula is C21H23N5O3. The quantitative estimate of drug-likeness (QED) is 0.428. The lowest BCUT2D eigenvalue weighted by molar-refractivity contribution is 0.279. The van der Waals surface area contributed by atoms with Gasteiger partial charge in [0.05, 0.1) is 19.4 Å². The van der Waals surface area contributed by atoms with E-state index < -0.39 is 5.69 Å². The van der Waals surface area contributed by atoms with Crippen molar-refractivity contribution in [2.24, 2.45) is 5.10 Å². The first-order valence-corrected chi connectivity index (χ1v) is 9.31. The van der Waals surface area contributed by atoms with Crippen LogP contribution in [0.2, 0.25) is 0 Å². The molecule has 150 valence electrons. The number of anilines is 1. The molecule has 0 radical (unpaired) electrons. The number of H-pyrrole nitrogens is 1. The van der Waals surface area contributed by atoms with Crippen LogP contribution >= 0.6 is 0 Å². The van der Waals surface area contributed by atoms with E-state index in [-0.39, 0.29) is 0 Å². The Hall–Kier alpha value is -3.68. The average Bonchev–Trinajstić information content (AvgIpc) is 2.73. The van der Waals surface area contributed by atoms with Gasteiger partial charge in [-0.3, -0.25) is 5.43 Å². The summed E-state index contributed by atoms with van der Waals surface area (Å²) in [6, 6.07) is 15.8. The SMILES string of the molecule is CCOc1cc(/C=N/Nc2nc(=O)[nH]nc2C)ccc1OCCc1ccccc1. The lowest BCUT2D eigenvalue weighted by Gasteiger charge is -2.12. The number of nitrogens with one attached hydrogen (secondary N) is 2. The third-order valence-corrected chi connectivity index (χ3v) is 4.02. The number of aryl methyl sites for hydroxylation is 1. The summed E-state index contributed by atoms with van der Waals surface area (Å²) in [4.78, 5) is 15.0. The van der Waals surface area contributed by atoms with E-state index in [2.05, 4.69) is 37.8 Å². The zero-order chi connectivity index (χ0) is 20.5. The van der Waals surface area contributed by atoms with Crippen molar-refractivity contribution in [1.29, 1.82) is 0 Å². The van der Waals surface area contributed by atoms with E-state index in [1.807, 2.05) is 43.3 Å². The molecule has 0 aliphatic heterocycles. The van der Waals surface area contributed by atoms with Gasteiger partial charge in [0.2, 0.25) is 0 Å². The average molecular weight is 393 g/mol. The van der Waals surface area contributed by atoms with Crippen molar-refractivity contribution in [2.45, 2.75) is 20.3 Å². The molecule has 3 aromatic rings. The van der Waals surface area contributed by atoms with Crippen molar-refractivity contribution in [1.82, 2.24) is 15.2 Å². The maximum Gasteiger partial charge on any atom is 0.363 e. The second-order valence-corrected chi connectivity index (χ2v) is 6.17. The number of aromatic amines is 1. The molecule has 0 amide bonds. The molecule has 0 atom stereocenters. The number of hydrazone groups is 1. The lowest BCUT2D eigenvalue weighted by Crippen LogP contribution is -2.15. The molecule has 1 heterocycles. The summed E-state index contributed by atoms with van der Waals surface area (Å²) >= 11 is 0. The predicted octanol–water partition coefficient (Wildman–Crippen LogP) is 2.94. The molecule has 29 heavy (non-hydrogen) atoms. The number of aromatic nitrogens is 3. The number of nitrogens with zero attached hydrogens (tertiary/aromatic N) is 3. The zero-order valence-electron chi connectivity index (χ0n) is 16.4. The van der Waals surface area contributed by atoms with Crippen LogP contribution in [0, 0.1) is 6.92 Å². The number of hydrogen-bond donors (Lipinski definition) is 2. The normalized spacial score (nSPS) is 10.8. The van der Waals surface area contributed by atoms with Crippen LogP contribution in [0.15, 0.2) is 58.4 Å². The van der Waals surface area contributed by atoms with Gasteiger partial charge in [-0.25, -0.2) is 9.89 Å². The fraction of sp³-hybridized carbons (Fsp3) is 0.238. The van der Waals surface area contributed by atoms with Crippen LogP contribution in [0.5, 0.6) is 11.5 Å². The Bertz CT molecular complexity index is 1020. The van der Waals surface area contributed by atoms with Crippen molar-refractivity contribution in [3.8, 4) is 11.5 Å². The van der Waals surface area contributed by atoms with Gasteiger partial charge in [0.25, 0.3) is 0 Å². The summed E-state index contributed by atoms with van der Waals surface area (Å²) in [5.74, 6) is 1.64. The second kappa shape index (κ2) is 10.0. The molecule has 2 aromatic carbocycles. The molecular weight excluding hydrogens is 370 g/mol. The van der Waals surface area contributed by atoms with Gasteiger partial charge in [0.15, 0.2) is 17.3 Å². The van der Waals surface area contributed by atoms with E-state index in [4.69, 9.17) is 9.47 Å². The minimum atomic E-state index is -0.538. The van der Waals surface area contributed by atoms with E-state index in [0.29, 0.717) is 36.2 Å². The summed E-state index contributed by atoms with van der Waals surface area (Å²) < 4.78 is 11.6. The van der Waals surface area contributed by atoms with E-state index in [1.54, 1.807) is 13.1 Å². The molecule has 8 heteroatoms. The predicted molar refractivity (Wildman–Crippen MR) is 112 cm³/mol. The van der Waals surface area contributed by atoms with E-state index in [1.165, 1.54) is 5.56 Å². The van der Waals surface area contributed by atoms with Gasteiger partial charge in [-0.15, -0.1) is 0 Å².